The molecule has 2 rings (SSSR count). The number of rotatable bonds is 2. The topological polar surface area (TPSA) is 49.9 Å². The lowest BCUT2D eigenvalue weighted by Gasteiger charge is -2.29. The van der Waals surface area contributed by atoms with Crippen LogP contribution in [0.4, 0.5) is 0 Å². The Hall–Kier alpha value is -1.01. The van der Waals surface area contributed by atoms with Crippen molar-refractivity contribution in [3.8, 4) is 0 Å². The number of hydrogen-bond acceptors (Lipinski definition) is 5. The predicted octanol–water partition coefficient (Wildman–Crippen LogP) is 2.19. The fraction of sp³-hybridized carbons (Fsp3) is 0.733. The van der Waals surface area contributed by atoms with Crippen molar-refractivity contribution in [2.24, 2.45) is 0 Å². The molecule has 21 heavy (non-hydrogen) atoms. The van der Waals surface area contributed by atoms with Crippen molar-refractivity contribution in [3.63, 3.8) is 0 Å². The molecule has 2 saturated heterocycles. The summed E-state index contributed by atoms with van der Waals surface area (Å²) in [6.07, 6.45) is 4.94. The molecule has 0 aromatic rings. The second kappa shape index (κ2) is 6.40. The average molecular weight is 312 g/mol. The average Bonchev–Trinajstić information content (AvgIpc) is 2.66. The van der Waals surface area contributed by atoms with Gasteiger partial charge in [0.05, 0.1) is 11.1 Å². The van der Waals surface area contributed by atoms with Crippen LogP contribution in [0.25, 0.3) is 0 Å². The van der Waals surface area contributed by atoms with E-state index in [0.29, 0.717) is 5.03 Å². The van der Waals surface area contributed by atoms with Crippen LogP contribution < -0.4 is 0 Å². The summed E-state index contributed by atoms with van der Waals surface area (Å²) in [6.45, 7) is 7.40. The van der Waals surface area contributed by atoms with Crippen LogP contribution in [0.2, 0.25) is 0 Å². The zero-order chi connectivity index (χ0) is 15.6. The first kappa shape index (κ1) is 16.4. The molecule has 1 unspecified atom stereocenters. The Morgan fingerprint density at radius 1 is 1.29 bits per heavy atom. The van der Waals surface area contributed by atoms with Crippen LogP contribution >= 0.6 is 11.8 Å². The highest BCUT2D eigenvalue weighted by molar-refractivity contribution is 8.04. The van der Waals surface area contributed by atoms with Crippen LogP contribution in [0.15, 0.2) is 11.1 Å². The molecule has 0 spiro atoms. The van der Waals surface area contributed by atoms with Gasteiger partial charge in [-0.1, -0.05) is 18.2 Å². The monoisotopic (exact) mass is 312 g/mol. The van der Waals surface area contributed by atoms with Gasteiger partial charge in [0, 0.05) is 7.05 Å². The molecule has 6 heteroatoms. The Morgan fingerprint density at radius 3 is 2.48 bits per heavy atom. The minimum absolute atomic E-state index is 0.0525. The van der Waals surface area contributed by atoms with Crippen LogP contribution in [0.3, 0.4) is 0 Å². The number of thioether (sulfide) groups is 1. The number of amides is 1. The Kier molecular flexibility index (Phi) is 4.99. The Morgan fingerprint density at radius 2 is 1.90 bits per heavy atom. The molecule has 0 aliphatic carbocycles. The summed E-state index contributed by atoms with van der Waals surface area (Å²) in [6, 6.07) is 0. The van der Waals surface area contributed by atoms with Crippen LogP contribution in [0, 0.1) is 0 Å². The summed E-state index contributed by atoms with van der Waals surface area (Å²) >= 11 is 1.45. The van der Waals surface area contributed by atoms with Crippen LogP contribution in [-0.4, -0.2) is 52.8 Å². The lowest BCUT2D eigenvalue weighted by atomic mass is 10.1. The largest absolute Gasteiger partial charge is 0.457 e. The minimum atomic E-state index is -0.522. The summed E-state index contributed by atoms with van der Waals surface area (Å²) in [5.41, 5.74) is -0.522. The molecule has 2 aliphatic heterocycles. The van der Waals surface area contributed by atoms with E-state index in [1.54, 1.807) is 11.9 Å². The number of hydrogen-bond donors (Lipinski definition) is 0. The van der Waals surface area contributed by atoms with Gasteiger partial charge in [0.1, 0.15) is 11.0 Å². The minimum Gasteiger partial charge on any atom is -0.457 e. The van der Waals surface area contributed by atoms with Crippen LogP contribution in [0.5, 0.6) is 0 Å². The Balaban J connectivity index is 2.05. The SMILES string of the molecule is CN1C(=O)C(N2CCCCC2)SC1=CC(=O)OC(C)(C)C. The van der Waals surface area contributed by atoms with Gasteiger partial charge in [0.2, 0.25) is 0 Å². The maximum atomic E-state index is 12.4. The Bertz CT molecular complexity index is 450. The molecule has 2 fully saturated rings. The van der Waals surface area contributed by atoms with Crippen molar-refractivity contribution in [1.29, 1.82) is 0 Å². The summed E-state index contributed by atoms with van der Waals surface area (Å²) in [4.78, 5) is 28.0. The van der Waals surface area contributed by atoms with Crippen molar-refractivity contribution >= 4 is 23.6 Å². The van der Waals surface area contributed by atoms with E-state index in [1.807, 2.05) is 20.8 Å². The smallest absolute Gasteiger partial charge is 0.333 e. The highest BCUT2D eigenvalue weighted by atomic mass is 32.2. The number of likely N-dealkylation sites (tertiary alicyclic amines) is 1. The summed E-state index contributed by atoms with van der Waals surface area (Å²) in [5, 5.41) is 0.480. The number of nitrogens with zero attached hydrogens (tertiary/aromatic N) is 2. The van der Waals surface area contributed by atoms with E-state index >= 15 is 0 Å². The molecule has 0 aromatic heterocycles. The number of esters is 1. The second-order valence-corrected chi connectivity index (χ2v) is 7.58. The van der Waals surface area contributed by atoms with E-state index in [0.717, 1.165) is 25.9 Å². The third kappa shape index (κ3) is 4.23. The quantitative estimate of drug-likeness (QED) is 0.578. The highest BCUT2D eigenvalue weighted by Gasteiger charge is 2.39. The molecule has 0 radical (unpaired) electrons. The summed E-state index contributed by atoms with van der Waals surface area (Å²) in [5.74, 6) is -0.347. The molecule has 1 amide bonds. The number of carbonyl (C=O) groups excluding carboxylic acids is 2. The fourth-order valence-electron chi connectivity index (χ4n) is 2.46. The maximum absolute atomic E-state index is 12.4. The molecule has 5 nitrogen and oxygen atoms in total. The highest BCUT2D eigenvalue weighted by Crippen LogP contribution is 2.37. The zero-order valence-electron chi connectivity index (χ0n) is 13.2. The maximum Gasteiger partial charge on any atom is 0.333 e. The van der Waals surface area contributed by atoms with Crippen LogP contribution in [0.1, 0.15) is 40.0 Å². The first-order valence-electron chi connectivity index (χ1n) is 7.41. The normalized spacial score (nSPS) is 26.5. The molecule has 0 aromatic carbocycles. The van der Waals surface area contributed by atoms with Crippen molar-refractivity contribution in [2.45, 2.75) is 51.0 Å². The van der Waals surface area contributed by atoms with Gasteiger partial charge in [-0.2, -0.15) is 0 Å². The molecule has 0 N–H and O–H groups in total. The van der Waals surface area contributed by atoms with Gasteiger partial charge in [0.15, 0.2) is 0 Å². The van der Waals surface area contributed by atoms with E-state index in [2.05, 4.69) is 4.90 Å². The fourth-order valence-corrected chi connectivity index (χ4v) is 3.72. The number of carbonyl (C=O) groups is 2. The predicted molar refractivity (Wildman–Crippen MR) is 83.5 cm³/mol. The lowest BCUT2D eigenvalue weighted by molar-refractivity contribution is -0.148. The van der Waals surface area contributed by atoms with Crippen LogP contribution in [-0.2, 0) is 14.3 Å². The molecule has 0 bridgehead atoms. The molecule has 2 heterocycles. The van der Waals surface area contributed by atoms with E-state index in [4.69, 9.17) is 4.74 Å². The first-order valence-corrected chi connectivity index (χ1v) is 8.29. The van der Waals surface area contributed by atoms with E-state index < -0.39 is 11.6 Å². The molecule has 0 saturated carbocycles. The van der Waals surface area contributed by atoms with Crippen molar-refractivity contribution in [1.82, 2.24) is 9.80 Å². The third-order valence-electron chi connectivity index (χ3n) is 3.48. The molecular formula is C15H24N2O3S. The number of ether oxygens (including phenoxy) is 1. The summed E-state index contributed by atoms with van der Waals surface area (Å²) in [7, 11) is 1.72. The van der Waals surface area contributed by atoms with Gasteiger partial charge >= 0.3 is 5.97 Å². The van der Waals surface area contributed by atoms with Crippen molar-refractivity contribution in [2.75, 3.05) is 20.1 Å². The second-order valence-electron chi connectivity index (χ2n) is 6.48. The molecule has 2 aliphatic rings. The van der Waals surface area contributed by atoms with E-state index in [9.17, 15) is 9.59 Å². The number of piperidine rings is 1. The molecule has 1 atom stereocenters. The third-order valence-corrected chi connectivity index (χ3v) is 4.83. The van der Waals surface area contributed by atoms with Gasteiger partial charge in [-0.3, -0.25) is 9.69 Å². The Labute approximate surface area is 130 Å². The lowest BCUT2D eigenvalue weighted by Crippen LogP contribution is -2.42. The van der Waals surface area contributed by atoms with Gasteiger partial charge < -0.3 is 9.64 Å². The van der Waals surface area contributed by atoms with E-state index in [-0.39, 0.29) is 11.3 Å². The van der Waals surface area contributed by atoms with Crippen molar-refractivity contribution in [3.05, 3.63) is 11.1 Å². The van der Waals surface area contributed by atoms with E-state index in [1.165, 1.54) is 24.3 Å². The molecule has 118 valence electrons. The molecular weight excluding hydrogens is 288 g/mol. The summed E-state index contributed by atoms with van der Waals surface area (Å²) < 4.78 is 5.28. The van der Waals surface area contributed by atoms with Crippen molar-refractivity contribution < 1.29 is 14.3 Å². The number of likely N-dealkylation sites (N-methyl/N-ethyl adjacent to an activating group) is 1. The van der Waals surface area contributed by atoms with Gasteiger partial charge in [0.25, 0.3) is 5.91 Å². The van der Waals surface area contributed by atoms with Gasteiger partial charge in [-0.05, 0) is 46.7 Å². The zero-order valence-corrected chi connectivity index (χ0v) is 14.0. The standard InChI is InChI=1S/C15H24N2O3S/c1-15(2,3)20-12(18)10-11-16(4)13(19)14(21-11)17-8-6-5-7-9-17/h10,14H,5-9H2,1-4H3. The van der Waals surface area contributed by atoms with Gasteiger partial charge in [-0.15, -0.1) is 0 Å². The van der Waals surface area contributed by atoms with Gasteiger partial charge in [-0.25, -0.2) is 4.79 Å². The first-order chi connectivity index (χ1) is 9.78.